The number of carbonyl (C=O) groups excluding carboxylic acids is 1. The van der Waals surface area contributed by atoms with Crippen molar-refractivity contribution in [1.82, 2.24) is 10.3 Å². The maximum absolute atomic E-state index is 12.5. The highest BCUT2D eigenvalue weighted by Crippen LogP contribution is 2.26. The van der Waals surface area contributed by atoms with E-state index in [2.05, 4.69) is 5.32 Å². The van der Waals surface area contributed by atoms with Crippen molar-refractivity contribution in [2.24, 2.45) is 0 Å². The fourth-order valence-electron chi connectivity index (χ4n) is 2.37. The number of H-pyrrole nitrogens is 1. The summed E-state index contributed by atoms with van der Waals surface area (Å²) in [5.41, 5.74) is -1.56. The van der Waals surface area contributed by atoms with Gasteiger partial charge in [-0.25, -0.2) is 0 Å². The van der Waals surface area contributed by atoms with Crippen molar-refractivity contribution in [3.63, 3.8) is 0 Å². The van der Waals surface area contributed by atoms with E-state index in [4.69, 9.17) is 4.74 Å². The zero-order chi connectivity index (χ0) is 19.3. The zero-order valence-electron chi connectivity index (χ0n) is 14.3. The molecule has 5 nitrogen and oxygen atoms in total. The monoisotopic (exact) mass is 368 g/mol. The van der Waals surface area contributed by atoms with Crippen LogP contribution in [0.3, 0.4) is 0 Å². The lowest BCUT2D eigenvalue weighted by atomic mass is 10.1. The van der Waals surface area contributed by atoms with Gasteiger partial charge in [0, 0.05) is 6.04 Å². The van der Waals surface area contributed by atoms with Gasteiger partial charge in [0.1, 0.15) is 17.0 Å². The van der Waals surface area contributed by atoms with Crippen LogP contribution in [0.2, 0.25) is 0 Å². The van der Waals surface area contributed by atoms with Crippen LogP contribution in [0, 0.1) is 0 Å². The third kappa shape index (κ3) is 5.11. The van der Waals surface area contributed by atoms with Crippen LogP contribution in [0.4, 0.5) is 13.2 Å². The predicted octanol–water partition coefficient (Wildman–Crippen LogP) is 3.15. The number of aromatic nitrogens is 1. The molecule has 2 rings (SSSR count). The number of hydrogen-bond acceptors (Lipinski definition) is 3. The first-order chi connectivity index (χ1) is 12.2. The fraction of sp³-hybridized carbons (Fsp3) is 0.333. The van der Waals surface area contributed by atoms with Crippen LogP contribution in [0.25, 0.3) is 0 Å². The molecule has 0 radical (unpaired) electrons. The molecular formula is C18H19F3N2O3. The standard InChI is InChI=1S/C18H19F3N2O3/c1-11(3-4-12-5-7-13(26-2)8-6-12)22-16(24)14-9-10-15(18(19,20)21)23-17(14)25/h5-11H,3-4H2,1-2H3,(H,22,24)(H,23,25). The van der Waals surface area contributed by atoms with Gasteiger partial charge < -0.3 is 15.0 Å². The Kier molecular flexibility index (Phi) is 6.07. The van der Waals surface area contributed by atoms with Crippen LogP contribution in [0.5, 0.6) is 5.75 Å². The number of carbonyl (C=O) groups is 1. The topological polar surface area (TPSA) is 71.2 Å². The second-order valence-electron chi connectivity index (χ2n) is 5.87. The molecule has 2 aromatic rings. The summed E-state index contributed by atoms with van der Waals surface area (Å²) in [4.78, 5) is 25.5. The summed E-state index contributed by atoms with van der Waals surface area (Å²) in [6.45, 7) is 1.76. The van der Waals surface area contributed by atoms with Gasteiger partial charge in [-0.3, -0.25) is 9.59 Å². The van der Waals surface area contributed by atoms with E-state index in [0.29, 0.717) is 18.9 Å². The normalized spacial score (nSPS) is 12.5. The summed E-state index contributed by atoms with van der Waals surface area (Å²) in [5, 5.41) is 2.62. The van der Waals surface area contributed by atoms with E-state index in [-0.39, 0.29) is 11.6 Å². The molecule has 140 valence electrons. The lowest BCUT2D eigenvalue weighted by Crippen LogP contribution is -2.36. The van der Waals surface area contributed by atoms with Gasteiger partial charge in [-0.15, -0.1) is 0 Å². The molecule has 1 aromatic carbocycles. The highest BCUT2D eigenvalue weighted by molar-refractivity contribution is 5.93. The van der Waals surface area contributed by atoms with Crippen molar-refractivity contribution in [2.75, 3.05) is 7.11 Å². The van der Waals surface area contributed by atoms with Gasteiger partial charge in [0.25, 0.3) is 11.5 Å². The summed E-state index contributed by atoms with van der Waals surface area (Å²) in [6.07, 6.45) is -3.37. The molecule has 0 saturated carbocycles. The molecular weight excluding hydrogens is 349 g/mol. The molecule has 1 heterocycles. The number of amides is 1. The molecule has 8 heteroatoms. The number of benzene rings is 1. The Morgan fingerprint density at radius 3 is 2.38 bits per heavy atom. The number of aryl methyl sites for hydroxylation is 1. The van der Waals surface area contributed by atoms with Gasteiger partial charge in [-0.05, 0) is 49.6 Å². The van der Waals surface area contributed by atoms with Gasteiger partial charge in [0.05, 0.1) is 7.11 Å². The first kappa shape index (κ1) is 19.6. The molecule has 0 aliphatic heterocycles. The highest BCUT2D eigenvalue weighted by Gasteiger charge is 2.32. The van der Waals surface area contributed by atoms with Crippen molar-refractivity contribution in [3.05, 3.63) is 63.6 Å². The quantitative estimate of drug-likeness (QED) is 0.823. The minimum Gasteiger partial charge on any atom is -0.497 e. The minimum absolute atomic E-state index is 0.258. The molecule has 1 amide bonds. The number of pyridine rings is 1. The first-order valence-electron chi connectivity index (χ1n) is 7.95. The van der Waals surface area contributed by atoms with Gasteiger partial charge in [0.15, 0.2) is 0 Å². The van der Waals surface area contributed by atoms with E-state index in [9.17, 15) is 22.8 Å². The van der Waals surface area contributed by atoms with E-state index in [1.807, 2.05) is 24.3 Å². The molecule has 0 bridgehead atoms. The Labute approximate surface area is 148 Å². The molecule has 2 N–H and O–H groups in total. The zero-order valence-corrected chi connectivity index (χ0v) is 14.3. The number of hydrogen-bond donors (Lipinski definition) is 2. The summed E-state index contributed by atoms with van der Waals surface area (Å²) < 4.78 is 42.7. The summed E-state index contributed by atoms with van der Waals surface area (Å²) in [6, 6.07) is 8.79. The Morgan fingerprint density at radius 1 is 1.19 bits per heavy atom. The van der Waals surface area contributed by atoms with Gasteiger partial charge in [-0.1, -0.05) is 12.1 Å². The maximum atomic E-state index is 12.5. The number of aromatic amines is 1. The third-order valence-electron chi connectivity index (χ3n) is 3.86. The molecule has 1 unspecified atom stereocenters. The number of halogens is 3. The summed E-state index contributed by atoms with van der Waals surface area (Å²) >= 11 is 0. The van der Waals surface area contributed by atoms with Gasteiger partial charge >= 0.3 is 6.18 Å². The molecule has 1 aromatic heterocycles. The second kappa shape index (κ2) is 8.07. The Morgan fingerprint density at radius 2 is 1.85 bits per heavy atom. The van der Waals surface area contributed by atoms with Crippen LogP contribution in [-0.2, 0) is 12.6 Å². The summed E-state index contributed by atoms with van der Waals surface area (Å²) in [5.74, 6) is 0.0406. The van der Waals surface area contributed by atoms with E-state index in [0.717, 1.165) is 17.4 Å². The number of rotatable bonds is 6. The lowest BCUT2D eigenvalue weighted by Gasteiger charge is -2.14. The molecule has 0 fully saturated rings. The number of ether oxygens (including phenoxy) is 1. The Balaban J connectivity index is 1.95. The molecule has 26 heavy (non-hydrogen) atoms. The molecule has 0 aliphatic rings. The lowest BCUT2D eigenvalue weighted by molar-refractivity contribution is -0.141. The Bertz CT molecular complexity index is 814. The van der Waals surface area contributed by atoms with Crippen LogP contribution >= 0.6 is 0 Å². The maximum Gasteiger partial charge on any atom is 0.431 e. The number of alkyl halides is 3. The average molecular weight is 368 g/mol. The van der Waals surface area contributed by atoms with Crippen molar-refractivity contribution in [2.45, 2.75) is 32.0 Å². The van der Waals surface area contributed by atoms with Gasteiger partial charge in [0.2, 0.25) is 0 Å². The smallest absolute Gasteiger partial charge is 0.431 e. The second-order valence-corrected chi connectivity index (χ2v) is 5.87. The average Bonchev–Trinajstić information content (AvgIpc) is 2.59. The third-order valence-corrected chi connectivity index (χ3v) is 3.86. The van der Waals surface area contributed by atoms with Crippen molar-refractivity contribution in [3.8, 4) is 5.75 Å². The van der Waals surface area contributed by atoms with Crippen LogP contribution < -0.4 is 15.6 Å². The van der Waals surface area contributed by atoms with Crippen LogP contribution in [0.15, 0.2) is 41.2 Å². The van der Waals surface area contributed by atoms with Gasteiger partial charge in [-0.2, -0.15) is 13.2 Å². The van der Waals surface area contributed by atoms with E-state index < -0.39 is 23.3 Å². The highest BCUT2D eigenvalue weighted by atomic mass is 19.4. The molecule has 0 aliphatic carbocycles. The summed E-state index contributed by atoms with van der Waals surface area (Å²) in [7, 11) is 1.58. The number of nitrogens with one attached hydrogen (secondary N) is 2. The van der Waals surface area contributed by atoms with Crippen molar-refractivity contribution >= 4 is 5.91 Å². The molecule has 1 atom stereocenters. The van der Waals surface area contributed by atoms with Crippen LogP contribution in [0.1, 0.15) is 35.0 Å². The molecule has 0 saturated heterocycles. The molecule has 0 spiro atoms. The largest absolute Gasteiger partial charge is 0.497 e. The van der Waals surface area contributed by atoms with Crippen molar-refractivity contribution in [1.29, 1.82) is 0 Å². The fourth-order valence-corrected chi connectivity index (χ4v) is 2.37. The Hall–Kier alpha value is -2.77. The van der Waals surface area contributed by atoms with E-state index in [1.165, 1.54) is 0 Å². The number of methoxy groups -OCH3 is 1. The minimum atomic E-state index is -4.67. The van der Waals surface area contributed by atoms with Crippen LogP contribution in [-0.4, -0.2) is 24.0 Å². The van der Waals surface area contributed by atoms with E-state index >= 15 is 0 Å². The van der Waals surface area contributed by atoms with E-state index in [1.54, 1.807) is 19.0 Å². The predicted molar refractivity (Wildman–Crippen MR) is 90.3 cm³/mol. The first-order valence-corrected chi connectivity index (χ1v) is 7.95. The van der Waals surface area contributed by atoms with Crippen molar-refractivity contribution < 1.29 is 22.7 Å². The SMILES string of the molecule is COc1ccc(CCC(C)NC(=O)c2ccc(C(F)(F)F)[nH]c2=O)cc1.